The van der Waals surface area contributed by atoms with Crippen LogP contribution in [-0.2, 0) is 4.79 Å². The molecule has 3 N–H and O–H groups in total. The molecule has 0 saturated carbocycles. The standard InChI is InChI=1S/C14H17N3O2.ClH/c1-9(2)13(15)14(18)17-11-5-3-4-10(6-11)12-7-16-8-19-12;/h3-9,13H,15H2,1-2H3,(H,17,18);1H. The van der Waals surface area contributed by atoms with E-state index in [9.17, 15) is 4.79 Å². The second-order valence-electron chi connectivity index (χ2n) is 4.71. The lowest BCUT2D eigenvalue weighted by Crippen LogP contribution is -2.39. The summed E-state index contributed by atoms with van der Waals surface area (Å²) in [4.78, 5) is 15.7. The van der Waals surface area contributed by atoms with Gasteiger partial charge in [-0.25, -0.2) is 4.98 Å². The Kier molecular flexibility index (Phi) is 5.73. The molecule has 5 nitrogen and oxygen atoms in total. The summed E-state index contributed by atoms with van der Waals surface area (Å²) in [5.74, 6) is 0.562. The van der Waals surface area contributed by atoms with Gasteiger partial charge in [0.05, 0.1) is 12.2 Å². The van der Waals surface area contributed by atoms with Crippen molar-refractivity contribution in [1.29, 1.82) is 0 Å². The van der Waals surface area contributed by atoms with Crippen molar-refractivity contribution in [3.8, 4) is 11.3 Å². The molecule has 2 rings (SSSR count). The number of nitrogens with one attached hydrogen (secondary N) is 1. The van der Waals surface area contributed by atoms with Gasteiger partial charge < -0.3 is 15.5 Å². The first-order chi connectivity index (χ1) is 9.08. The first-order valence-electron chi connectivity index (χ1n) is 6.13. The Hall–Kier alpha value is -1.85. The van der Waals surface area contributed by atoms with E-state index in [1.807, 2.05) is 38.1 Å². The van der Waals surface area contributed by atoms with Crippen molar-refractivity contribution in [3.05, 3.63) is 36.9 Å². The third kappa shape index (κ3) is 3.82. The van der Waals surface area contributed by atoms with E-state index in [4.69, 9.17) is 10.2 Å². The number of oxazole rings is 1. The van der Waals surface area contributed by atoms with Gasteiger partial charge in [0.15, 0.2) is 12.2 Å². The van der Waals surface area contributed by atoms with E-state index < -0.39 is 6.04 Å². The molecule has 0 aliphatic carbocycles. The number of carbonyl (C=O) groups is 1. The summed E-state index contributed by atoms with van der Waals surface area (Å²) < 4.78 is 5.22. The van der Waals surface area contributed by atoms with Crippen molar-refractivity contribution < 1.29 is 9.21 Å². The maximum absolute atomic E-state index is 11.9. The number of aromatic nitrogens is 1. The van der Waals surface area contributed by atoms with Gasteiger partial charge in [-0.2, -0.15) is 0 Å². The number of hydrogen-bond acceptors (Lipinski definition) is 4. The van der Waals surface area contributed by atoms with Crippen molar-refractivity contribution in [3.63, 3.8) is 0 Å². The molecule has 6 heteroatoms. The van der Waals surface area contributed by atoms with Crippen LogP contribution in [0.15, 0.2) is 41.3 Å². The highest BCUT2D eigenvalue weighted by molar-refractivity contribution is 5.95. The first-order valence-corrected chi connectivity index (χ1v) is 6.13. The average Bonchev–Trinajstić information content (AvgIpc) is 2.91. The Bertz CT molecular complexity index is 555. The topological polar surface area (TPSA) is 81.2 Å². The molecule has 1 unspecified atom stereocenters. The molecule has 0 fully saturated rings. The largest absolute Gasteiger partial charge is 0.444 e. The number of rotatable bonds is 4. The molecular weight excluding hydrogens is 278 g/mol. The van der Waals surface area contributed by atoms with Crippen LogP contribution in [0.3, 0.4) is 0 Å². The summed E-state index contributed by atoms with van der Waals surface area (Å²) in [7, 11) is 0. The highest BCUT2D eigenvalue weighted by atomic mass is 35.5. The fourth-order valence-corrected chi connectivity index (χ4v) is 1.64. The summed E-state index contributed by atoms with van der Waals surface area (Å²) in [6.45, 7) is 3.82. The molecule has 1 heterocycles. The highest BCUT2D eigenvalue weighted by Gasteiger charge is 2.17. The first kappa shape index (κ1) is 16.2. The van der Waals surface area contributed by atoms with Gasteiger partial charge in [0, 0.05) is 11.3 Å². The number of nitrogens with zero attached hydrogens (tertiary/aromatic N) is 1. The SMILES string of the molecule is CC(C)C(N)C(=O)Nc1cccc(-c2cnco2)c1.Cl. The van der Waals surface area contributed by atoms with Crippen molar-refractivity contribution in [2.75, 3.05) is 5.32 Å². The van der Waals surface area contributed by atoms with E-state index in [0.29, 0.717) is 11.4 Å². The van der Waals surface area contributed by atoms with E-state index in [0.717, 1.165) is 5.56 Å². The summed E-state index contributed by atoms with van der Waals surface area (Å²) in [5.41, 5.74) is 7.34. The van der Waals surface area contributed by atoms with E-state index in [1.54, 1.807) is 6.20 Å². The van der Waals surface area contributed by atoms with Crippen LogP contribution in [-0.4, -0.2) is 16.9 Å². The molecule has 0 aliphatic rings. The number of amides is 1. The van der Waals surface area contributed by atoms with Crippen LogP contribution >= 0.6 is 12.4 Å². The van der Waals surface area contributed by atoms with E-state index >= 15 is 0 Å². The van der Waals surface area contributed by atoms with Gasteiger partial charge >= 0.3 is 0 Å². The minimum Gasteiger partial charge on any atom is -0.444 e. The summed E-state index contributed by atoms with van der Waals surface area (Å²) in [6, 6.07) is 6.84. The number of anilines is 1. The lowest BCUT2D eigenvalue weighted by atomic mass is 10.0. The summed E-state index contributed by atoms with van der Waals surface area (Å²) >= 11 is 0. The Morgan fingerprint density at radius 1 is 1.40 bits per heavy atom. The zero-order valence-corrected chi connectivity index (χ0v) is 12.2. The van der Waals surface area contributed by atoms with E-state index in [1.165, 1.54) is 6.39 Å². The summed E-state index contributed by atoms with van der Waals surface area (Å²) in [5, 5.41) is 2.80. The lowest BCUT2D eigenvalue weighted by Gasteiger charge is -2.15. The van der Waals surface area contributed by atoms with Gasteiger partial charge in [-0.15, -0.1) is 12.4 Å². The maximum atomic E-state index is 11.9. The van der Waals surface area contributed by atoms with Gasteiger partial charge in [0.1, 0.15) is 0 Å². The molecular formula is C14H18ClN3O2. The molecule has 2 aromatic rings. The predicted molar refractivity (Wildman–Crippen MR) is 80.6 cm³/mol. The second kappa shape index (κ2) is 7.07. The number of nitrogens with two attached hydrogens (primary N) is 1. The number of halogens is 1. The molecule has 1 aromatic carbocycles. The quantitative estimate of drug-likeness (QED) is 0.908. The highest BCUT2D eigenvalue weighted by Crippen LogP contribution is 2.22. The smallest absolute Gasteiger partial charge is 0.241 e. The Morgan fingerprint density at radius 3 is 2.75 bits per heavy atom. The maximum Gasteiger partial charge on any atom is 0.241 e. The monoisotopic (exact) mass is 295 g/mol. The molecule has 0 saturated heterocycles. The van der Waals surface area contributed by atoms with Crippen LogP contribution in [0.1, 0.15) is 13.8 Å². The molecule has 1 aromatic heterocycles. The van der Waals surface area contributed by atoms with E-state index in [-0.39, 0.29) is 24.2 Å². The zero-order valence-electron chi connectivity index (χ0n) is 11.4. The fraction of sp³-hybridized carbons (Fsp3) is 0.286. The van der Waals surface area contributed by atoms with Crippen LogP contribution < -0.4 is 11.1 Å². The zero-order chi connectivity index (χ0) is 13.8. The van der Waals surface area contributed by atoms with Crippen LogP contribution in [0.25, 0.3) is 11.3 Å². The molecule has 0 radical (unpaired) electrons. The number of carbonyl (C=O) groups excluding carboxylic acids is 1. The normalized spacial score (nSPS) is 11.8. The van der Waals surface area contributed by atoms with Crippen molar-refractivity contribution >= 4 is 24.0 Å². The minimum absolute atomic E-state index is 0. The van der Waals surface area contributed by atoms with Crippen molar-refractivity contribution in [1.82, 2.24) is 4.98 Å². The minimum atomic E-state index is -0.520. The second-order valence-corrected chi connectivity index (χ2v) is 4.71. The molecule has 108 valence electrons. The number of benzene rings is 1. The van der Waals surface area contributed by atoms with Gasteiger partial charge in [-0.1, -0.05) is 26.0 Å². The van der Waals surface area contributed by atoms with Crippen molar-refractivity contribution in [2.24, 2.45) is 11.7 Å². The molecule has 0 spiro atoms. The van der Waals surface area contributed by atoms with E-state index in [2.05, 4.69) is 10.3 Å². The van der Waals surface area contributed by atoms with Gasteiger partial charge in [-0.05, 0) is 18.1 Å². The number of hydrogen-bond donors (Lipinski definition) is 2. The predicted octanol–water partition coefficient (Wildman–Crippen LogP) is 2.69. The van der Waals surface area contributed by atoms with Crippen LogP contribution in [0.4, 0.5) is 5.69 Å². The molecule has 0 aliphatic heterocycles. The molecule has 0 bridgehead atoms. The van der Waals surface area contributed by atoms with Gasteiger partial charge in [0.25, 0.3) is 0 Å². The molecule has 1 atom stereocenters. The third-order valence-corrected chi connectivity index (χ3v) is 2.87. The van der Waals surface area contributed by atoms with Gasteiger partial charge in [-0.3, -0.25) is 4.79 Å². The third-order valence-electron chi connectivity index (χ3n) is 2.87. The van der Waals surface area contributed by atoms with Crippen LogP contribution in [0.5, 0.6) is 0 Å². The average molecular weight is 296 g/mol. The van der Waals surface area contributed by atoms with Crippen LogP contribution in [0, 0.1) is 5.92 Å². The fourth-order valence-electron chi connectivity index (χ4n) is 1.64. The Balaban J connectivity index is 0.00000200. The molecule has 1 amide bonds. The van der Waals surface area contributed by atoms with Crippen molar-refractivity contribution in [2.45, 2.75) is 19.9 Å². The van der Waals surface area contributed by atoms with Crippen LogP contribution in [0.2, 0.25) is 0 Å². The Labute approximate surface area is 124 Å². The molecule has 20 heavy (non-hydrogen) atoms. The Morgan fingerprint density at radius 2 is 2.15 bits per heavy atom. The summed E-state index contributed by atoms with van der Waals surface area (Å²) in [6.07, 6.45) is 3.00. The van der Waals surface area contributed by atoms with Gasteiger partial charge in [0.2, 0.25) is 5.91 Å². The lowest BCUT2D eigenvalue weighted by molar-refractivity contribution is -0.118.